The molecule has 0 radical (unpaired) electrons. The second kappa shape index (κ2) is 7.48. The molecule has 1 N–H and O–H groups in total. The number of nitrogens with one attached hydrogen (secondary N) is 1. The van der Waals surface area contributed by atoms with Crippen LogP contribution in [0, 0.1) is 18.8 Å². The van der Waals surface area contributed by atoms with E-state index in [1.165, 1.54) is 26.2 Å². The van der Waals surface area contributed by atoms with Crippen LogP contribution in [0.4, 0.5) is 5.69 Å². The van der Waals surface area contributed by atoms with Crippen molar-refractivity contribution in [2.45, 2.75) is 24.7 Å². The number of carbonyl (C=O) groups is 3. The van der Waals surface area contributed by atoms with Gasteiger partial charge in [-0.15, -0.1) is 0 Å². The van der Waals surface area contributed by atoms with E-state index in [2.05, 4.69) is 5.32 Å². The number of anilines is 1. The van der Waals surface area contributed by atoms with Gasteiger partial charge in [-0.2, -0.15) is 0 Å². The molecule has 9 heteroatoms. The maximum atomic E-state index is 12.5. The van der Waals surface area contributed by atoms with Gasteiger partial charge < -0.3 is 5.32 Å². The highest BCUT2D eigenvalue weighted by atomic mass is 32.2. The van der Waals surface area contributed by atoms with Crippen LogP contribution in [0.15, 0.2) is 35.2 Å². The number of aryl methyl sites for hydroxylation is 1. The van der Waals surface area contributed by atoms with Gasteiger partial charge in [0.15, 0.2) is 0 Å². The fourth-order valence-electron chi connectivity index (χ4n) is 3.47. The molecule has 0 aromatic heterocycles. The lowest BCUT2D eigenvalue weighted by Gasteiger charge is -2.17. The number of nitrogens with zero attached hydrogens (tertiary/aromatic N) is 2. The van der Waals surface area contributed by atoms with Gasteiger partial charge >= 0.3 is 0 Å². The SMILES string of the molecule is Cc1ccc(S(=O)(=O)N(C)C)cc1NC(=O)CN1C(=O)[C@H]2CC=CC[C@@H]2C1=O. The van der Waals surface area contributed by atoms with Crippen LogP contribution in [0.5, 0.6) is 0 Å². The number of benzene rings is 1. The molecule has 8 nitrogen and oxygen atoms in total. The first kappa shape index (κ1) is 20.2. The molecule has 1 aromatic carbocycles. The van der Waals surface area contributed by atoms with Crippen molar-refractivity contribution in [3.63, 3.8) is 0 Å². The van der Waals surface area contributed by atoms with E-state index in [1.54, 1.807) is 13.0 Å². The molecule has 1 saturated heterocycles. The predicted octanol–water partition coefficient (Wildman–Crippen LogP) is 1.14. The predicted molar refractivity (Wildman–Crippen MR) is 103 cm³/mol. The molecule has 28 heavy (non-hydrogen) atoms. The van der Waals surface area contributed by atoms with Gasteiger partial charge in [0.25, 0.3) is 0 Å². The number of rotatable bonds is 5. The highest BCUT2D eigenvalue weighted by Gasteiger charge is 2.47. The molecule has 3 rings (SSSR count). The molecule has 2 atom stereocenters. The van der Waals surface area contributed by atoms with Crippen molar-refractivity contribution < 1.29 is 22.8 Å². The smallest absolute Gasteiger partial charge is 0.244 e. The average molecular weight is 405 g/mol. The maximum absolute atomic E-state index is 12.5. The number of fused-ring (bicyclic) bond motifs is 1. The lowest BCUT2D eigenvalue weighted by Crippen LogP contribution is -2.38. The minimum Gasteiger partial charge on any atom is -0.324 e. The Morgan fingerprint density at radius 2 is 1.71 bits per heavy atom. The zero-order valence-electron chi connectivity index (χ0n) is 16.0. The van der Waals surface area contributed by atoms with E-state index in [9.17, 15) is 22.8 Å². The van der Waals surface area contributed by atoms with Gasteiger partial charge in [-0.05, 0) is 37.5 Å². The third-order valence-corrected chi connectivity index (χ3v) is 6.97. The number of hydrogen-bond acceptors (Lipinski definition) is 5. The van der Waals surface area contributed by atoms with Crippen LogP contribution in [0.1, 0.15) is 18.4 Å². The maximum Gasteiger partial charge on any atom is 0.244 e. The number of amides is 3. The molecule has 0 spiro atoms. The Labute approximate surface area is 164 Å². The Bertz CT molecular complexity index is 942. The second-order valence-corrected chi connectivity index (χ2v) is 9.38. The van der Waals surface area contributed by atoms with Crippen molar-refractivity contribution in [3.05, 3.63) is 35.9 Å². The molecule has 0 unspecified atom stereocenters. The molecule has 0 bridgehead atoms. The van der Waals surface area contributed by atoms with Crippen molar-refractivity contribution in [2.75, 3.05) is 26.0 Å². The van der Waals surface area contributed by atoms with E-state index >= 15 is 0 Å². The van der Waals surface area contributed by atoms with Gasteiger partial charge in [-0.1, -0.05) is 18.2 Å². The van der Waals surface area contributed by atoms with Gasteiger partial charge in [0.2, 0.25) is 27.7 Å². The molecule has 2 aliphatic rings. The highest BCUT2D eigenvalue weighted by molar-refractivity contribution is 7.89. The summed E-state index contributed by atoms with van der Waals surface area (Å²) in [5, 5.41) is 2.63. The minimum atomic E-state index is -3.65. The molecule has 150 valence electrons. The second-order valence-electron chi connectivity index (χ2n) is 7.23. The van der Waals surface area contributed by atoms with E-state index < -0.39 is 15.9 Å². The summed E-state index contributed by atoms with van der Waals surface area (Å²) in [5.41, 5.74) is 0.995. The van der Waals surface area contributed by atoms with Crippen LogP contribution < -0.4 is 5.32 Å². The fourth-order valence-corrected chi connectivity index (χ4v) is 4.39. The Balaban J connectivity index is 1.75. The van der Waals surface area contributed by atoms with Gasteiger partial charge in [-0.25, -0.2) is 12.7 Å². The number of sulfonamides is 1. The molecule has 1 aromatic rings. The van der Waals surface area contributed by atoms with E-state index in [1.807, 2.05) is 12.2 Å². The first-order chi connectivity index (χ1) is 13.1. The molecule has 1 fully saturated rings. The molecule has 1 aliphatic heterocycles. The summed E-state index contributed by atoms with van der Waals surface area (Å²) in [6, 6.07) is 4.43. The summed E-state index contributed by atoms with van der Waals surface area (Å²) in [4.78, 5) is 38.5. The zero-order chi connectivity index (χ0) is 20.6. The van der Waals surface area contributed by atoms with Crippen molar-refractivity contribution in [3.8, 4) is 0 Å². The summed E-state index contributed by atoms with van der Waals surface area (Å²) in [7, 11) is -0.804. The first-order valence-electron chi connectivity index (χ1n) is 8.96. The number of carbonyl (C=O) groups excluding carboxylic acids is 3. The Hall–Kier alpha value is -2.52. The van der Waals surface area contributed by atoms with Crippen molar-refractivity contribution >= 4 is 33.4 Å². The summed E-state index contributed by atoms with van der Waals surface area (Å²) in [6.07, 6.45) is 4.79. The van der Waals surface area contributed by atoms with Gasteiger partial charge in [0.05, 0.1) is 16.7 Å². The van der Waals surface area contributed by atoms with Crippen LogP contribution >= 0.6 is 0 Å². The third kappa shape index (κ3) is 3.59. The standard InChI is InChI=1S/C19H23N3O5S/c1-12-8-9-13(28(26,27)21(2)3)10-16(12)20-17(23)11-22-18(24)14-6-4-5-7-15(14)19(22)25/h4-5,8-10,14-15H,6-7,11H2,1-3H3,(H,20,23)/t14-,15-/m0/s1. The molecular weight excluding hydrogens is 382 g/mol. The largest absolute Gasteiger partial charge is 0.324 e. The minimum absolute atomic E-state index is 0.0452. The average Bonchev–Trinajstić information content (AvgIpc) is 2.88. The van der Waals surface area contributed by atoms with Crippen LogP contribution in [0.25, 0.3) is 0 Å². The summed E-state index contributed by atoms with van der Waals surface area (Å²) in [6.45, 7) is 1.35. The monoisotopic (exact) mass is 405 g/mol. The van der Waals surface area contributed by atoms with Gasteiger partial charge in [0, 0.05) is 19.8 Å². The Kier molecular flexibility index (Phi) is 5.40. The zero-order valence-corrected chi connectivity index (χ0v) is 16.8. The van der Waals surface area contributed by atoms with Crippen LogP contribution in [-0.4, -0.2) is 56.0 Å². The summed E-state index contributed by atoms with van der Waals surface area (Å²) < 4.78 is 25.7. The number of imide groups is 1. The summed E-state index contributed by atoms with van der Waals surface area (Å²) >= 11 is 0. The highest BCUT2D eigenvalue weighted by Crippen LogP contribution is 2.35. The molecule has 3 amide bonds. The number of allylic oxidation sites excluding steroid dienone is 2. The quantitative estimate of drug-likeness (QED) is 0.584. The van der Waals surface area contributed by atoms with Crippen LogP contribution in [0.2, 0.25) is 0 Å². The third-order valence-electron chi connectivity index (χ3n) is 5.16. The normalized spacial score (nSPS) is 21.9. The molecule has 1 aliphatic carbocycles. The van der Waals surface area contributed by atoms with Crippen molar-refractivity contribution in [2.24, 2.45) is 11.8 Å². The van der Waals surface area contributed by atoms with E-state index in [-0.39, 0.29) is 35.1 Å². The lowest BCUT2D eigenvalue weighted by molar-refractivity contribution is -0.142. The van der Waals surface area contributed by atoms with Gasteiger partial charge in [0.1, 0.15) is 6.54 Å². The molecule has 1 heterocycles. The fraction of sp³-hybridized carbons (Fsp3) is 0.421. The Morgan fingerprint density at radius 3 is 2.25 bits per heavy atom. The lowest BCUT2D eigenvalue weighted by atomic mass is 9.85. The van der Waals surface area contributed by atoms with Crippen LogP contribution in [-0.2, 0) is 24.4 Å². The van der Waals surface area contributed by atoms with E-state index in [0.717, 1.165) is 9.21 Å². The first-order valence-corrected chi connectivity index (χ1v) is 10.4. The number of hydrogen-bond donors (Lipinski definition) is 1. The van der Waals surface area contributed by atoms with Gasteiger partial charge in [-0.3, -0.25) is 19.3 Å². The van der Waals surface area contributed by atoms with Crippen molar-refractivity contribution in [1.82, 2.24) is 9.21 Å². The van der Waals surface area contributed by atoms with Crippen molar-refractivity contribution in [1.29, 1.82) is 0 Å². The van der Waals surface area contributed by atoms with E-state index in [0.29, 0.717) is 24.1 Å². The molecular formula is C19H23N3O5S. The summed E-state index contributed by atoms with van der Waals surface area (Å²) in [5.74, 6) is -1.97. The Morgan fingerprint density at radius 1 is 1.14 bits per heavy atom. The number of likely N-dealkylation sites (tertiary alicyclic amines) is 1. The van der Waals surface area contributed by atoms with E-state index in [4.69, 9.17) is 0 Å². The van der Waals surface area contributed by atoms with Crippen LogP contribution in [0.3, 0.4) is 0 Å². The topological polar surface area (TPSA) is 104 Å². The molecule has 0 saturated carbocycles.